The Morgan fingerprint density at radius 2 is 2.12 bits per heavy atom. The van der Waals surface area contributed by atoms with Gasteiger partial charge in [-0.05, 0) is 44.9 Å². The maximum Gasteiger partial charge on any atom is 0.340 e. The summed E-state index contributed by atoms with van der Waals surface area (Å²) in [6.45, 7) is 6.01. The van der Waals surface area contributed by atoms with Gasteiger partial charge in [-0.2, -0.15) is 0 Å². The van der Waals surface area contributed by atoms with Crippen molar-refractivity contribution >= 4 is 22.8 Å². The molecule has 2 aromatic rings. The van der Waals surface area contributed by atoms with E-state index < -0.39 is 0 Å². The number of rotatable bonds is 5. The largest absolute Gasteiger partial charge is 0.462 e. The van der Waals surface area contributed by atoms with Crippen molar-refractivity contribution in [2.24, 2.45) is 11.7 Å². The van der Waals surface area contributed by atoms with E-state index in [4.69, 9.17) is 15.5 Å². The van der Waals surface area contributed by atoms with Crippen molar-refractivity contribution in [1.29, 1.82) is 0 Å². The fourth-order valence-corrected chi connectivity index (χ4v) is 3.67. The van der Waals surface area contributed by atoms with Crippen molar-refractivity contribution in [3.05, 3.63) is 41.1 Å². The maximum absolute atomic E-state index is 12.6. The van der Waals surface area contributed by atoms with Crippen LogP contribution in [0.4, 0.5) is 0 Å². The molecule has 0 bridgehead atoms. The molecule has 1 aliphatic rings. The lowest BCUT2D eigenvalue weighted by Gasteiger charge is -2.31. The summed E-state index contributed by atoms with van der Waals surface area (Å²) in [7, 11) is 0. The lowest BCUT2D eigenvalue weighted by Crippen LogP contribution is -2.41. The Bertz CT molecular complexity index is 834. The van der Waals surface area contributed by atoms with Gasteiger partial charge < -0.3 is 10.5 Å². The molecule has 0 spiro atoms. The highest BCUT2D eigenvalue weighted by molar-refractivity contribution is 5.98. The summed E-state index contributed by atoms with van der Waals surface area (Å²) in [5.74, 6) is -0.749. The Hall–Kier alpha value is -2.47. The van der Waals surface area contributed by atoms with Crippen molar-refractivity contribution in [2.75, 3.05) is 19.7 Å². The fourth-order valence-electron chi connectivity index (χ4n) is 3.67. The second-order valence-corrected chi connectivity index (χ2v) is 6.77. The monoisotopic (exact) mass is 355 g/mol. The second-order valence-electron chi connectivity index (χ2n) is 6.77. The number of carbonyl (C=O) groups excluding carboxylic acids is 2. The summed E-state index contributed by atoms with van der Waals surface area (Å²) in [5, 5.41) is 0.952. The van der Waals surface area contributed by atoms with Crippen LogP contribution in [0.25, 0.3) is 10.9 Å². The van der Waals surface area contributed by atoms with Crippen molar-refractivity contribution < 1.29 is 14.3 Å². The number of nitrogens with two attached hydrogens (primary N) is 1. The molecule has 0 aliphatic carbocycles. The van der Waals surface area contributed by atoms with Gasteiger partial charge in [0.15, 0.2) is 0 Å². The standard InChI is InChI=1S/C20H25N3O3/c1-3-26-20(25)18-13(2)15-8-4-5-9-16(15)22-17(18)12-23-10-6-7-14(11-23)19(21)24/h4-5,8-9,14H,3,6-7,10-12H2,1-2H3,(H2,21,24)/t14-/m1/s1. The van der Waals surface area contributed by atoms with Crippen LogP contribution in [-0.4, -0.2) is 41.5 Å². The number of ether oxygens (including phenoxy) is 1. The average molecular weight is 355 g/mol. The molecule has 2 N–H and O–H groups in total. The van der Waals surface area contributed by atoms with E-state index in [1.807, 2.05) is 31.2 Å². The van der Waals surface area contributed by atoms with Crippen LogP contribution in [0.3, 0.4) is 0 Å². The minimum Gasteiger partial charge on any atom is -0.462 e. The van der Waals surface area contributed by atoms with Gasteiger partial charge in [0, 0.05) is 18.5 Å². The van der Waals surface area contributed by atoms with Crippen LogP contribution in [0.15, 0.2) is 24.3 Å². The zero-order chi connectivity index (χ0) is 18.7. The lowest BCUT2D eigenvalue weighted by atomic mass is 9.96. The molecule has 3 rings (SSSR count). The third-order valence-corrected chi connectivity index (χ3v) is 4.99. The molecule has 2 heterocycles. The summed E-state index contributed by atoms with van der Waals surface area (Å²) in [6, 6.07) is 7.79. The fraction of sp³-hybridized carbons (Fsp3) is 0.450. The number of hydrogen-bond donors (Lipinski definition) is 1. The first-order valence-electron chi connectivity index (χ1n) is 9.08. The first-order valence-corrected chi connectivity index (χ1v) is 9.08. The van der Waals surface area contributed by atoms with Gasteiger partial charge in [0.1, 0.15) is 0 Å². The molecule has 1 aromatic heterocycles. The summed E-state index contributed by atoms with van der Waals surface area (Å²) >= 11 is 0. The molecule has 26 heavy (non-hydrogen) atoms. The van der Waals surface area contributed by atoms with E-state index in [2.05, 4.69) is 4.90 Å². The van der Waals surface area contributed by atoms with E-state index in [9.17, 15) is 9.59 Å². The average Bonchev–Trinajstić information content (AvgIpc) is 2.62. The molecule has 6 nitrogen and oxygen atoms in total. The molecular formula is C20H25N3O3. The van der Waals surface area contributed by atoms with Gasteiger partial charge in [-0.1, -0.05) is 18.2 Å². The first kappa shape index (κ1) is 18.3. The molecule has 0 unspecified atom stereocenters. The van der Waals surface area contributed by atoms with Gasteiger partial charge in [-0.15, -0.1) is 0 Å². The van der Waals surface area contributed by atoms with E-state index in [1.165, 1.54) is 0 Å². The molecule has 1 aromatic carbocycles. The quantitative estimate of drug-likeness (QED) is 0.833. The van der Waals surface area contributed by atoms with Crippen LogP contribution in [0.1, 0.15) is 41.4 Å². The number of para-hydroxylation sites is 1. The number of benzene rings is 1. The van der Waals surface area contributed by atoms with E-state index in [0.717, 1.165) is 35.9 Å². The number of likely N-dealkylation sites (tertiary alicyclic amines) is 1. The molecule has 0 saturated carbocycles. The number of pyridine rings is 1. The highest BCUT2D eigenvalue weighted by Crippen LogP contribution is 2.26. The SMILES string of the molecule is CCOC(=O)c1c(CN2CCC[C@@H](C(N)=O)C2)nc2ccccc2c1C. The van der Waals surface area contributed by atoms with Gasteiger partial charge in [0.2, 0.25) is 5.91 Å². The molecule has 0 radical (unpaired) electrons. The number of primary amides is 1. The number of amides is 1. The Morgan fingerprint density at radius 3 is 2.85 bits per heavy atom. The van der Waals surface area contributed by atoms with Gasteiger partial charge in [-0.3, -0.25) is 14.7 Å². The van der Waals surface area contributed by atoms with Crippen LogP contribution in [0.5, 0.6) is 0 Å². The highest BCUT2D eigenvalue weighted by atomic mass is 16.5. The number of aromatic nitrogens is 1. The number of fused-ring (bicyclic) bond motifs is 1. The van der Waals surface area contributed by atoms with E-state index in [-0.39, 0.29) is 17.8 Å². The van der Waals surface area contributed by atoms with Gasteiger partial charge in [0.25, 0.3) is 0 Å². The Labute approximate surface area is 153 Å². The normalized spacial score (nSPS) is 18.0. The predicted octanol–water partition coefficient (Wildman–Crippen LogP) is 2.42. The summed E-state index contributed by atoms with van der Waals surface area (Å²) in [4.78, 5) is 31.0. The van der Waals surface area contributed by atoms with Crippen molar-refractivity contribution in [2.45, 2.75) is 33.2 Å². The number of carbonyl (C=O) groups is 2. The lowest BCUT2D eigenvalue weighted by molar-refractivity contribution is -0.123. The molecule has 1 saturated heterocycles. The van der Waals surface area contributed by atoms with Crippen molar-refractivity contribution in [3.8, 4) is 0 Å². The van der Waals surface area contributed by atoms with Crippen LogP contribution in [0, 0.1) is 12.8 Å². The summed E-state index contributed by atoms with van der Waals surface area (Å²) in [6.07, 6.45) is 1.73. The summed E-state index contributed by atoms with van der Waals surface area (Å²) < 4.78 is 5.28. The van der Waals surface area contributed by atoms with E-state index in [1.54, 1.807) is 6.92 Å². The number of nitrogens with zero attached hydrogens (tertiary/aromatic N) is 2. The molecule has 6 heteroatoms. The van der Waals surface area contributed by atoms with Crippen LogP contribution < -0.4 is 5.73 Å². The zero-order valence-electron chi connectivity index (χ0n) is 15.3. The van der Waals surface area contributed by atoms with Crippen LogP contribution >= 0.6 is 0 Å². The second kappa shape index (κ2) is 7.83. The minimum absolute atomic E-state index is 0.142. The first-order chi connectivity index (χ1) is 12.5. The van der Waals surface area contributed by atoms with E-state index >= 15 is 0 Å². The van der Waals surface area contributed by atoms with Crippen LogP contribution in [-0.2, 0) is 16.1 Å². The predicted molar refractivity (Wildman–Crippen MR) is 99.6 cm³/mol. The van der Waals surface area contributed by atoms with Crippen molar-refractivity contribution in [3.63, 3.8) is 0 Å². The molecular weight excluding hydrogens is 330 g/mol. The molecule has 138 valence electrons. The van der Waals surface area contributed by atoms with Crippen molar-refractivity contribution in [1.82, 2.24) is 9.88 Å². The smallest absolute Gasteiger partial charge is 0.340 e. The molecule has 1 fully saturated rings. The third-order valence-electron chi connectivity index (χ3n) is 4.99. The maximum atomic E-state index is 12.6. The number of aryl methyl sites for hydroxylation is 1. The van der Waals surface area contributed by atoms with E-state index in [0.29, 0.717) is 31.0 Å². The number of esters is 1. The number of hydrogen-bond acceptors (Lipinski definition) is 5. The third kappa shape index (κ3) is 3.70. The highest BCUT2D eigenvalue weighted by Gasteiger charge is 2.27. The zero-order valence-corrected chi connectivity index (χ0v) is 15.3. The molecule has 1 atom stereocenters. The van der Waals surface area contributed by atoms with Gasteiger partial charge >= 0.3 is 5.97 Å². The Kier molecular flexibility index (Phi) is 5.52. The van der Waals surface area contributed by atoms with Gasteiger partial charge in [-0.25, -0.2) is 4.79 Å². The minimum atomic E-state index is -0.346. The summed E-state index contributed by atoms with van der Waals surface area (Å²) in [5.41, 5.74) is 8.46. The topological polar surface area (TPSA) is 85.5 Å². The van der Waals surface area contributed by atoms with Gasteiger partial charge in [0.05, 0.1) is 29.3 Å². The Balaban J connectivity index is 1.99. The molecule has 1 aliphatic heterocycles. The molecule has 1 amide bonds. The number of piperidine rings is 1. The Morgan fingerprint density at radius 1 is 1.35 bits per heavy atom. The van der Waals surface area contributed by atoms with Crippen LogP contribution in [0.2, 0.25) is 0 Å².